The lowest BCUT2D eigenvalue weighted by molar-refractivity contribution is 0.437. The minimum absolute atomic E-state index is 0.105. The van der Waals surface area contributed by atoms with E-state index in [1.54, 1.807) is 6.07 Å². The molecule has 0 radical (unpaired) electrons. The van der Waals surface area contributed by atoms with Crippen molar-refractivity contribution < 1.29 is 4.39 Å². The van der Waals surface area contributed by atoms with Gasteiger partial charge in [-0.1, -0.05) is 6.92 Å². The third-order valence-corrected chi connectivity index (χ3v) is 4.33. The number of hydrogen-bond donors (Lipinski definition) is 1. The van der Waals surface area contributed by atoms with Gasteiger partial charge in [0.25, 0.3) is 0 Å². The molecular formula is C16H25FN2. The van der Waals surface area contributed by atoms with Crippen LogP contribution in [0.1, 0.15) is 43.9 Å². The Morgan fingerprint density at radius 2 is 1.95 bits per heavy atom. The third kappa shape index (κ3) is 3.08. The minimum atomic E-state index is -0.105. The first-order chi connectivity index (χ1) is 9.02. The van der Waals surface area contributed by atoms with Gasteiger partial charge in [0, 0.05) is 24.8 Å². The maximum Gasteiger partial charge on any atom is 0.126 e. The molecule has 0 bridgehead atoms. The molecule has 0 saturated carbocycles. The molecule has 1 atom stereocenters. The van der Waals surface area contributed by atoms with Crippen LogP contribution in [0.4, 0.5) is 10.1 Å². The summed E-state index contributed by atoms with van der Waals surface area (Å²) in [5, 5.41) is 3.22. The van der Waals surface area contributed by atoms with E-state index in [1.165, 1.54) is 18.5 Å². The van der Waals surface area contributed by atoms with Gasteiger partial charge in [-0.3, -0.25) is 0 Å². The lowest BCUT2D eigenvalue weighted by Crippen LogP contribution is -2.34. The molecule has 106 valence electrons. The van der Waals surface area contributed by atoms with Crippen LogP contribution in [-0.4, -0.2) is 20.1 Å². The van der Waals surface area contributed by atoms with Crippen LogP contribution < -0.4 is 10.2 Å². The molecule has 1 heterocycles. The summed E-state index contributed by atoms with van der Waals surface area (Å²) >= 11 is 0. The fraction of sp³-hybridized carbons (Fsp3) is 0.625. The maximum absolute atomic E-state index is 13.8. The molecule has 0 aliphatic carbocycles. The Labute approximate surface area is 116 Å². The Kier molecular flexibility index (Phi) is 4.46. The maximum atomic E-state index is 13.8. The Morgan fingerprint density at radius 1 is 1.32 bits per heavy atom. The smallest absolute Gasteiger partial charge is 0.126 e. The van der Waals surface area contributed by atoms with Crippen molar-refractivity contribution in [2.24, 2.45) is 5.92 Å². The van der Waals surface area contributed by atoms with Crippen molar-refractivity contribution in [1.29, 1.82) is 0 Å². The second kappa shape index (κ2) is 5.91. The average molecular weight is 264 g/mol. The van der Waals surface area contributed by atoms with E-state index in [4.69, 9.17) is 0 Å². The molecule has 1 aromatic rings. The van der Waals surface area contributed by atoms with E-state index in [1.807, 2.05) is 20.0 Å². The summed E-state index contributed by atoms with van der Waals surface area (Å²) in [6, 6.07) is 3.88. The topological polar surface area (TPSA) is 15.3 Å². The standard InChI is InChI=1S/C16H25FN2/c1-11-5-7-19(8-6-11)16-9-12(2)15(17)10-14(16)13(3)18-4/h9-11,13,18H,5-8H2,1-4H3. The van der Waals surface area contributed by atoms with Crippen molar-refractivity contribution in [3.05, 3.63) is 29.1 Å². The van der Waals surface area contributed by atoms with Crippen LogP contribution in [0.3, 0.4) is 0 Å². The van der Waals surface area contributed by atoms with Crippen molar-refractivity contribution in [3.63, 3.8) is 0 Å². The van der Waals surface area contributed by atoms with Crippen molar-refractivity contribution in [2.45, 2.75) is 39.7 Å². The number of nitrogens with zero attached hydrogens (tertiary/aromatic N) is 1. The Morgan fingerprint density at radius 3 is 2.53 bits per heavy atom. The Hall–Kier alpha value is -1.09. The number of hydrogen-bond acceptors (Lipinski definition) is 2. The van der Waals surface area contributed by atoms with Gasteiger partial charge < -0.3 is 10.2 Å². The average Bonchev–Trinajstić information content (AvgIpc) is 2.41. The predicted molar refractivity (Wildman–Crippen MR) is 79.2 cm³/mol. The van der Waals surface area contributed by atoms with Crippen molar-refractivity contribution in [2.75, 3.05) is 25.0 Å². The van der Waals surface area contributed by atoms with Gasteiger partial charge in [-0.05, 0) is 62.9 Å². The first-order valence-corrected chi connectivity index (χ1v) is 7.25. The molecule has 1 fully saturated rings. The zero-order valence-corrected chi connectivity index (χ0v) is 12.5. The lowest BCUT2D eigenvalue weighted by atomic mass is 9.96. The molecule has 1 aliphatic rings. The van der Waals surface area contributed by atoms with Crippen LogP contribution in [0.2, 0.25) is 0 Å². The highest BCUT2D eigenvalue weighted by Gasteiger charge is 2.21. The van der Waals surface area contributed by atoms with Crippen LogP contribution in [0, 0.1) is 18.7 Å². The van der Waals surface area contributed by atoms with Crippen molar-refractivity contribution >= 4 is 5.69 Å². The number of nitrogens with one attached hydrogen (secondary N) is 1. The van der Waals surface area contributed by atoms with Gasteiger partial charge in [0.1, 0.15) is 5.82 Å². The summed E-state index contributed by atoms with van der Waals surface area (Å²) in [6.45, 7) is 8.40. The van der Waals surface area contributed by atoms with Crippen LogP contribution in [0.25, 0.3) is 0 Å². The molecule has 1 N–H and O–H groups in total. The van der Waals surface area contributed by atoms with E-state index < -0.39 is 0 Å². The predicted octanol–water partition coefficient (Wildman–Crippen LogP) is 3.65. The molecule has 2 rings (SSSR count). The first-order valence-electron chi connectivity index (χ1n) is 7.25. The summed E-state index contributed by atoms with van der Waals surface area (Å²) in [5.41, 5.74) is 3.01. The van der Waals surface area contributed by atoms with E-state index in [2.05, 4.69) is 24.1 Å². The molecular weight excluding hydrogens is 239 g/mol. The molecule has 0 aromatic heterocycles. The monoisotopic (exact) mass is 264 g/mol. The molecule has 1 aliphatic heterocycles. The van der Waals surface area contributed by atoms with Crippen LogP contribution >= 0.6 is 0 Å². The van der Waals surface area contributed by atoms with Gasteiger partial charge in [-0.15, -0.1) is 0 Å². The summed E-state index contributed by atoms with van der Waals surface area (Å²) < 4.78 is 13.8. The van der Waals surface area contributed by atoms with Gasteiger partial charge in [0.05, 0.1) is 0 Å². The number of halogens is 1. The summed E-state index contributed by atoms with van der Waals surface area (Å²) in [5.74, 6) is 0.703. The largest absolute Gasteiger partial charge is 0.371 e. The lowest BCUT2D eigenvalue weighted by Gasteiger charge is -2.34. The fourth-order valence-electron chi connectivity index (χ4n) is 2.71. The molecule has 0 spiro atoms. The molecule has 19 heavy (non-hydrogen) atoms. The number of benzene rings is 1. The van der Waals surface area contributed by atoms with E-state index in [-0.39, 0.29) is 11.9 Å². The quantitative estimate of drug-likeness (QED) is 0.896. The third-order valence-electron chi connectivity index (χ3n) is 4.33. The fourth-order valence-corrected chi connectivity index (χ4v) is 2.71. The number of anilines is 1. The molecule has 3 heteroatoms. The van der Waals surface area contributed by atoms with Crippen molar-refractivity contribution in [1.82, 2.24) is 5.32 Å². The van der Waals surface area contributed by atoms with Gasteiger partial charge >= 0.3 is 0 Å². The first kappa shape index (κ1) is 14.3. The highest BCUT2D eigenvalue weighted by atomic mass is 19.1. The van der Waals surface area contributed by atoms with Crippen LogP contribution in [0.5, 0.6) is 0 Å². The van der Waals surface area contributed by atoms with Crippen LogP contribution in [-0.2, 0) is 0 Å². The molecule has 2 nitrogen and oxygen atoms in total. The molecule has 1 unspecified atom stereocenters. The second-order valence-electron chi connectivity index (χ2n) is 5.84. The van der Waals surface area contributed by atoms with Gasteiger partial charge in [0.2, 0.25) is 0 Å². The minimum Gasteiger partial charge on any atom is -0.371 e. The van der Waals surface area contributed by atoms with E-state index in [0.29, 0.717) is 0 Å². The van der Waals surface area contributed by atoms with Gasteiger partial charge in [-0.2, -0.15) is 0 Å². The number of aryl methyl sites for hydroxylation is 1. The SMILES string of the molecule is CNC(C)c1cc(F)c(C)cc1N1CCC(C)CC1. The zero-order valence-electron chi connectivity index (χ0n) is 12.5. The van der Waals surface area contributed by atoms with Crippen molar-refractivity contribution in [3.8, 4) is 0 Å². The Balaban J connectivity index is 2.34. The zero-order chi connectivity index (χ0) is 14.0. The molecule has 1 aromatic carbocycles. The van der Waals surface area contributed by atoms with E-state index >= 15 is 0 Å². The highest BCUT2D eigenvalue weighted by Crippen LogP contribution is 2.32. The van der Waals surface area contributed by atoms with Crippen LogP contribution in [0.15, 0.2) is 12.1 Å². The van der Waals surface area contributed by atoms with Gasteiger partial charge in [-0.25, -0.2) is 4.39 Å². The summed E-state index contributed by atoms with van der Waals surface area (Å²) in [6.07, 6.45) is 2.45. The van der Waals surface area contributed by atoms with Gasteiger partial charge in [0.15, 0.2) is 0 Å². The van der Waals surface area contributed by atoms with E-state index in [0.717, 1.165) is 30.1 Å². The summed E-state index contributed by atoms with van der Waals surface area (Å²) in [7, 11) is 1.92. The molecule has 1 saturated heterocycles. The number of rotatable bonds is 3. The second-order valence-corrected chi connectivity index (χ2v) is 5.84. The van der Waals surface area contributed by atoms with E-state index in [9.17, 15) is 4.39 Å². The number of piperidine rings is 1. The Bertz CT molecular complexity index is 437. The normalized spacial score (nSPS) is 18.7. The molecule has 0 amide bonds. The highest BCUT2D eigenvalue weighted by molar-refractivity contribution is 5.57. The summed E-state index contributed by atoms with van der Waals surface area (Å²) in [4.78, 5) is 2.41.